The van der Waals surface area contributed by atoms with E-state index in [0.29, 0.717) is 25.1 Å². The third kappa shape index (κ3) is 5.35. The first-order chi connectivity index (χ1) is 15.2. The van der Waals surface area contributed by atoms with Gasteiger partial charge >= 0.3 is 0 Å². The van der Waals surface area contributed by atoms with Crippen molar-refractivity contribution in [3.05, 3.63) is 65.2 Å². The average molecular weight is 457 g/mol. The average Bonchev–Trinajstić information content (AvgIpc) is 3.15. The topological polar surface area (TPSA) is 106 Å². The first-order valence-corrected chi connectivity index (χ1v) is 11.6. The van der Waals surface area contributed by atoms with Gasteiger partial charge in [-0.25, -0.2) is 12.7 Å². The van der Waals surface area contributed by atoms with Crippen molar-refractivity contribution in [2.24, 2.45) is 4.99 Å². The number of guanidine groups is 1. The highest BCUT2D eigenvalue weighted by Gasteiger charge is 2.35. The summed E-state index contributed by atoms with van der Waals surface area (Å²) in [7, 11) is -0.572. The van der Waals surface area contributed by atoms with Crippen LogP contribution in [0.1, 0.15) is 17.5 Å². The van der Waals surface area contributed by atoms with Crippen molar-refractivity contribution in [3.8, 4) is 5.75 Å². The zero-order chi connectivity index (χ0) is 23.3. The molecule has 9 heteroatoms. The molecule has 0 amide bonds. The smallest absolute Gasteiger partial charge is 0.265 e. The van der Waals surface area contributed by atoms with Gasteiger partial charge in [0, 0.05) is 27.2 Å². The maximum absolute atomic E-state index is 13.4. The summed E-state index contributed by atoms with van der Waals surface area (Å²) in [5, 5.41) is 18.2. The summed E-state index contributed by atoms with van der Waals surface area (Å²) < 4.78 is 33.1. The third-order valence-electron chi connectivity index (χ3n) is 5.13. The van der Waals surface area contributed by atoms with E-state index >= 15 is 0 Å². The van der Waals surface area contributed by atoms with E-state index in [1.165, 1.54) is 4.31 Å². The van der Waals surface area contributed by atoms with E-state index in [4.69, 9.17) is 10.1 Å². The maximum Gasteiger partial charge on any atom is 0.265 e. The van der Waals surface area contributed by atoms with Gasteiger partial charge < -0.3 is 14.7 Å². The van der Waals surface area contributed by atoms with Gasteiger partial charge in [0.05, 0.1) is 11.5 Å². The number of aromatic hydroxyl groups is 1. The number of methoxy groups -OCH3 is 1. The number of ether oxygens (including phenoxy) is 1. The lowest BCUT2D eigenvalue weighted by molar-refractivity contribution is 0.182. The van der Waals surface area contributed by atoms with Gasteiger partial charge in [-0.2, -0.15) is 4.99 Å². The Balaban J connectivity index is 2.03. The van der Waals surface area contributed by atoms with Crippen LogP contribution in [-0.2, 0) is 14.8 Å². The van der Waals surface area contributed by atoms with Crippen LogP contribution in [0, 0.1) is 12.3 Å². The molecule has 1 aliphatic rings. The monoisotopic (exact) mass is 456 g/mol. The number of aliphatic imine (C=N–C) groups is 1. The number of benzene rings is 2. The number of likely N-dealkylation sites (N-methyl/N-ethyl adjacent to an activating group) is 1. The van der Waals surface area contributed by atoms with E-state index in [9.17, 15) is 13.5 Å². The van der Waals surface area contributed by atoms with Crippen molar-refractivity contribution >= 4 is 27.9 Å². The molecule has 8 nitrogen and oxygen atoms in total. The number of phenolic OH excluding ortho intramolecular Hbond substituents is 1. The molecule has 3 rings (SSSR count). The molecule has 170 valence electrons. The van der Waals surface area contributed by atoms with Gasteiger partial charge in [0.15, 0.2) is 0 Å². The summed E-state index contributed by atoms with van der Waals surface area (Å²) in [4.78, 5) is 6.18. The number of nitrogens with one attached hydrogen (secondary N) is 1. The summed E-state index contributed by atoms with van der Waals surface area (Å²) in [5.41, 5.74) is 2.36. The van der Waals surface area contributed by atoms with Crippen LogP contribution in [0.4, 0.5) is 0 Å². The Hall–Kier alpha value is -3.17. The standard InChI is InChI=1S/C23H28N4O4S/c1-17-7-9-21(10-8-17)32(29,30)27-12-11-19(15-18-5-4-6-20(28)16-18)22(27)25-23(24)26(2)13-14-31-3/h4-10,15-16,24,28H,11-14H2,1-3H3/b19-15+,24-23?,25-22+. The molecular weight excluding hydrogens is 428 g/mol. The highest BCUT2D eigenvalue weighted by atomic mass is 32.2. The van der Waals surface area contributed by atoms with Crippen molar-refractivity contribution in [1.82, 2.24) is 9.21 Å². The molecular formula is C23H28N4O4S. The molecule has 1 heterocycles. The van der Waals surface area contributed by atoms with E-state index in [2.05, 4.69) is 4.99 Å². The van der Waals surface area contributed by atoms with Crippen LogP contribution in [0.3, 0.4) is 0 Å². The predicted molar refractivity (Wildman–Crippen MR) is 125 cm³/mol. The second-order valence-corrected chi connectivity index (χ2v) is 9.44. The number of nitrogens with zero attached hydrogens (tertiary/aromatic N) is 3. The molecule has 0 atom stereocenters. The molecule has 0 bridgehead atoms. The van der Waals surface area contributed by atoms with Crippen molar-refractivity contribution in [2.45, 2.75) is 18.2 Å². The maximum atomic E-state index is 13.4. The van der Waals surface area contributed by atoms with Crippen molar-refractivity contribution < 1.29 is 18.3 Å². The Labute approximate surface area is 189 Å². The number of amidine groups is 1. The molecule has 2 aromatic rings. The third-order valence-corrected chi connectivity index (χ3v) is 6.94. The number of hydrogen-bond acceptors (Lipinski definition) is 5. The van der Waals surface area contributed by atoms with E-state index in [1.54, 1.807) is 67.6 Å². The van der Waals surface area contributed by atoms with Crippen LogP contribution in [0.15, 0.2) is 64.0 Å². The first kappa shape index (κ1) is 23.5. The number of sulfonamides is 1. The number of aryl methyl sites for hydroxylation is 1. The Morgan fingerprint density at radius 3 is 2.66 bits per heavy atom. The molecule has 0 aliphatic carbocycles. The largest absolute Gasteiger partial charge is 0.508 e. The minimum absolute atomic E-state index is 0.0649. The predicted octanol–water partition coefficient (Wildman–Crippen LogP) is 3.09. The summed E-state index contributed by atoms with van der Waals surface area (Å²) in [6.07, 6.45) is 2.24. The summed E-state index contributed by atoms with van der Waals surface area (Å²) in [6.45, 7) is 2.98. The summed E-state index contributed by atoms with van der Waals surface area (Å²) in [5.74, 6) is 0.264. The van der Waals surface area contributed by atoms with Gasteiger partial charge in [-0.15, -0.1) is 0 Å². The molecule has 0 aromatic heterocycles. The summed E-state index contributed by atoms with van der Waals surface area (Å²) in [6, 6.07) is 13.4. The zero-order valence-corrected chi connectivity index (χ0v) is 19.3. The number of hydrogen-bond donors (Lipinski definition) is 2. The molecule has 32 heavy (non-hydrogen) atoms. The van der Waals surface area contributed by atoms with Crippen LogP contribution < -0.4 is 0 Å². The minimum atomic E-state index is -3.85. The SMILES string of the molecule is COCCN(C)C(=N)/N=C1\C(=C\c2cccc(O)c2)CCN1S(=O)(=O)c1ccc(C)cc1. The Morgan fingerprint density at radius 2 is 2.00 bits per heavy atom. The lowest BCUT2D eigenvalue weighted by atomic mass is 10.1. The second kappa shape index (κ2) is 9.97. The zero-order valence-electron chi connectivity index (χ0n) is 18.4. The molecule has 1 saturated heterocycles. The van der Waals surface area contributed by atoms with Gasteiger partial charge in [0.25, 0.3) is 10.0 Å². The Bertz CT molecular complexity index is 1140. The van der Waals surface area contributed by atoms with Gasteiger partial charge in [-0.3, -0.25) is 5.41 Å². The second-order valence-electron chi connectivity index (χ2n) is 7.58. The highest BCUT2D eigenvalue weighted by Crippen LogP contribution is 2.29. The van der Waals surface area contributed by atoms with Gasteiger partial charge in [-0.1, -0.05) is 29.8 Å². The van der Waals surface area contributed by atoms with E-state index < -0.39 is 10.0 Å². The molecule has 0 radical (unpaired) electrons. The fraction of sp³-hybridized carbons (Fsp3) is 0.304. The first-order valence-electron chi connectivity index (χ1n) is 10.2. The number of phenols is 1. The van der Waals surface area contributed by atoms with Crippen LogP contribution >= 0.6 is 0 Å². The normalized spacial score (nSPS) is 16.7. The molecule has 2 aromatic carbocycles. The molecule has 1 aliphatic heterocycles. The van der Waals surface area contributed by atoms with Crippen molar-refractivity contribution in [3.63, 3.8) is 0 Å². The fourth-order valence-corrected chi connectivity index (χ4v) is 4.72. The van der Waals surface area contributed by atoms with Gasteiger partial charge in [0.2, 0.25) is 5.96 Å². The lowest BCUT2D eigenvalue weighted by Crippen LogP contribution is -2.35. The molecule has 0 saturated carbocycles. The number of rotatable bonds is 6. The summed E-state index contributed by atoms with van der Waals surface area (Å²) >= 11 is 0. The van der Waals surface area contributed by atoms with Crippen LogP contribution in [0.25, 0.3) is 6.08 Å². The molecule has 2 N–H and O–H groups in total. The van der Waals surface area contributed by atoms with Crippen molar-refractivity contribution in [1.29, 1.82) is 5.41 Å². The van der Waals surface area contributed by atoms with Gasteiger partial charge in [0.1, 0.15) is 11.6 Å². The van der Waals surface area contributed by atoms with Crippen molar-refractivity contribution in [2.75, 3.05) is 33.9 Å². The molecule has 1 fully saturated rings. The fourth-order valence-electron chi connectivity index (χ4n) is 3.27. The highest BCUT2D eigenvalue weighted by molar-refractivity contribution is 7.89. The molecule has 0 spiro atoms. The minimum Gasteiger partial charge on any atom is -0.508 e. The van der Waals surface area contributed by atoms with Gasteiger partial charge in [-0.05, 0) is 54.8 Å². The van der Waals surface area contributed by atoms with Crippen LogP contribution in [0.5, 0.6) is 5.75 Å². The van der Waals surface area contributed by atoms with E-state index in [0.717, 1.165) is 11.1 Å². The van der Waals surface area contributed by atoms with E-state index in [-0.39, 0.29) is 29.0 Å². The van der Waals surface area contributed by atoms with E-state index in [1.807, 2.05) is 13.0 Å². The Kier molecular flexibility index (Phi) is 7.32. The lowest BCUT2D eigenvalue weighted by Gasteiger charge is -2.21. The molecule has 0 unspecified atom stereocenters. The Morgan fingerprint density at radius 1 is 1.28 bits per heavy atom. The van der Waals surface area contributed by atoms with Crippen LogP contribution in [-0.4, -0.2) is 68.4 Å². The van der Waals surface area contributed by atoms with Crippen LogP contribution in [0.2, 0.25) is 0 Å². The quantitative estimate of drug-likeness (QED) is 0.513.